The zero-order chi connectivity index (χ0) is 25.6. The Hall–Kier alpha value is -2.90. The van der Waals surface area contributed by atoms with Crippen molar-refractivity contribution in [1.29, 1.82) is 0 Å². The molecule has 0 unspecified atom stereocenters. The fourth-order valence-corrected chi connectivity index (χ4v) is 3.63. The first kappa shape index (κ1) is 16.8. The third-order valence-corrected chi connectivity index (χ3v) is 5.62. The largest absolute Gasteiger partial charge is 0.619 e. The van der Waals surface area contributed by atoms with Crippen molar-refractivity contribution in [2.24, 2.45) is 0 Å². The van der Waals surface area contributed by atoms with E-state index in [9.17, 15) is 18.4 Å². The van der Waals surface area contributed by atoms with Crippen molar-refractivity contribution in [2.75, 3.05) is 4.72 Å². The van der Waals surface area contributed by atoms with E-state index in [2.05, 4.69) is 4.72 Å². The summed E-state index contributed by atoms with van der Waals surface area (Å²) in [6.07, 6.45) is 2.23. The van der Waals surface area contributed by atoms with E-state index in [-0.39, 0.29) is 27.4 Å². The Morgan fingerprint density at radius 1 is 1.10 bits per heavy atom. The lowest BCUT2D eigenvalue weighted by molar-refractivity contribution is -0.605. The number of hydrogen-bond donors (Lipinski definition) is 1. The lowest BCUT2D eigenvalue weighted by Gasteiger charge is -2.19. The van der Waals surface area contributed by atoms with Gasteiger partial charge in [-0.1, -0.05) is 44.5 Å². The van der Waals surface area contributed by atoms with E-state index in [4.69, 9.17) is 17.1 Å². The second-order valence-corrected chi connectivity index (χ2v) is 9.58. The average molecular weight is 449 g/mol. The Bertz CT molecular complexity index is 1380. The van der Waals surface area contributed by atoms with Crippen LogP contribution >= 0.6 is 11.6 Å². The van der Waals surface area contributed by atoms with E-state index >= 15 is 0 Å². The van der Waals surface area contributed by atoms with Crippen LogP contribution in [-0.4, -0.2) is 14.2 Å². The molecule has 0 spiro atoms. The van der Waals surface area contributed by atoms with Crippen LogP contribution in [0.5, 0.6) is 0 Å². The number of pyridine rings is 1. The van der Waals surface area contributed by atoms with Gasteiger partial charge in [0.2, 0.25) is 0 Å². The molecule has 0 bridgehead atoms. The monoisotopic (exact) mass is 448 g/mol. The summed E-state index contributed by atoms with van der Waals surface area (Å²) in [5, 5.41) is 11.4. The third kappa shape index (κ3) is 4.80. The van der Waals surface area contributed by atoms with Crippen LogP contribution in [0.4, 0.5) is 5.69 Å². The van der Waals surface area contributed by atoms with Crippen LogP contribution in [0.1, 0.15) is 47.7 Å². The molecule has 0 saturated heterocycles. The molecular weight excluding hydrogens is 424 g/mol. The molecule has 0 radical (unpaired) electrons. The molecule has 1 N–H and O–H groups in total. The molecule has 0 aliphatic heterocycles. The topological polar surface area (TPSA) is 90.2 Å². The molecule has 0 fully saturated rings. The highest BCUT2D eigenvalue weighted by molar-refractivity contribution is 7.92. The van der Waals surface area contributed by atoms with Crippen molar-refractivity contribution in [1.82, 2.24) is 0 Å². The van der Waals surface area contributed by atoms with Gasteiger partial charge in [0, 0.05) is 28.3 Å². The number of carbonyl (C=O) groups is 1. The molecule has 1 aromatic heterocycles. The fraction of sp³-hybridized carbons (Fsp3) is 0.182. The van der Waals surface area contributed by atoms with Crippen LogP contribution in [0.3, 0.4) is 0 Å². The molecular formula is C22H21ClN2O4S. The first-order chi connectivity index (χ1) is 15.6. The smallest absolute Gasteiger partial charge is 0.261 e. The van der Waals surface area contributed by atoms with Gasteiger partial charge in [-0.05, 0) is 41.3 Å². The Labute approximate surface area is 186 Å². The van der Waals surface area contributed by atoms with Crippen molar-refractivity contribution in [3.63, 3.8) is 0 Å². The van der Waals surface area contributed by atoms with Gasteiger partial charge >= 0.3 is 0 Å². The minimum atomic E-state index is -4.65. The fourth-order valence-electron chi connectivity index (χ4n) is 2.52. The van der Waals surface area contributed by atoms with Gasteiger partial charge in [-0.2, -0.15) is 4.73 Å². The van der Waals surface area contributed by atoms with Crippen LogP contribution in [-0.2, 0) is 15.4 Å². The molecule has 0 saturated carbocycles. The summed E-state index contributed by atoms with van der Waals surface area (Å²) in [7, 11) is -4.65. The highest BCUT2D eigenvalue weighted by Gasteiger charge is 2.21. The van der Waals surface area contributed by atoms with E-state index in [0.717, 1.165) is 12.4 Å². The number of rotatable bonds is 5. The summed E-state index contributed by atoms with van der Waals surface area (Å²) in [4.78, 5) is 12.2. The second kappa shape index (κ2) is 8.08. The summed E-state index contributed by atoms with van der Waals surface area (Å²) in [6.45, 7) is 5.10. The molecule has 0 atom stereocenters. The highest BCUT2D eigenvalue weighted by Crippen LogP contribution is 2.27. The zero-order valence-electron chi connectivity index (χ0n) is 20.4. The molecule has 1 heterocycles. The standard InChI is InChI=1S/C22H21ClN2O4S/c1-22(2,3)16-4-7-18(8-5-16)30(28,29)24-20-9-6-17(23)14-19(20)21(26)15-10-12-25(27)13-11-15/h4-14,24H,1-3H3/i4D,5D,7D,8D. The number of nitrogens with zero attached hydrogens (tertiary/aromatic N) is 1. The maximum absolute atomic E-state index is 13.2. The zero-order valence-corrected chi connectivity index (χ0v) is 18.0. The Kier molecular flexibility index (Phi) is 4.54. The quantitative estimate of drug-likeness (QED) is 0.358. The van der Waals surface area contributed by atoms with Gasteiger partial charge in [0.15, 0.2) is 18.2 Å². The van der Waals surface area contributed by atoms with Gasteiger partial charge in [-0.25, -0.2) is 8.42 Å². The summed E-state index contributed by atoms with van der Waals surface area (Å²) >= 11 is 6.02. The molecule has 3 aromatic rings. The van der Waals surface area contributed by atoms with Crippen LogP contribution < -0.4 is 9.45 Å². The van der Waals surface area contributed by atoms with E-state index < -0.39 is 50.3 Å². The Morgan fingerprint density at radius 2 is 1.70 bits per heavy atom. The van der Waals surface area contributed by atoms with Gasteiger partial charge in [0.25, 0.3) is 10.0 Å². The van der Waals surface area contributed by atoms with Crippen molar-refractivity contribution in [2.45, 2.75) is 31.1 Å². The number of halogens is 1. The van der Waals surface area contributed by atoms with Gasteiger partial charge in [0.05, 0.1) is 16.1 Å². The van der Waals surface area contributed by atoms with E-state index in [1.54, 1.807) is 20.8 Å². The number of benzene rings is 2. The minimum Gasteiger partial charge on any atom is -0.619 e. The van der Waals surface area contributed by atoms with Crippen LogP contribution in [0.15, 0.2) is 71.8 Å². The number of hydrogen-bond acceptors (Lipinski definition) is 4. The Balaban J connectivity index is 2.14. The summed E-state index contributed by atoms with van der Waals surface area (Å²) in [6, 6.07) is 4.02. The summed E-state index contributed by atoms with van der Waals surface area (Å²) in [5.41, 5.74) is -0.869. The van der Waals surface area contributed by atoms with Crippen molar-refractivity contribution in [3.8, 4) is 0 Å². The van der Waals surface area contributed by atoms with Gasteiger partial charge in [-0.3, -0.25) is 9.52 Å². The van der Waals surface area contributed by atoms with Gasteiger partial charge in [0.1, 0.15) is 0 Å². The highest BCUT2D eigenvalue weighted by atomic mass is 35.5. The molecule has 30 heavy (non-hydrogen) atoms. The third-order valence-electron chi connectivity index (χ3n) is 4.16. The molecule has 3 rings (SSSR count). The number of sulfonamides is 1. The molecule has 2 aromatic carbocycles. The molecule has 6 nitrogen and oxygen atoms in total. The maximum Gasteiger partial charge on any atom is 0.261 e. The molecule has 156 valence electrons. The molecule has 0 aliphatic carbocycles. The predicted molar refractivity (Wildman–Crippen MR) is 116 cm³/mol. The lowest BCUT2D eigenvalue weighted by atomic mass is 9.87. The number of aromatic nitrogens is 1. The van der Waals surface area contributed by atoms with E-state index in [0.29, 0.717) is 4.73 Å². The number of nitrogens with one attached hydrogen (secondary N) is 1. The number of ketones is 1. The average Bonchev–Trinajstić information content (AvgIpc) is 2.72. The summed E-state index contributed by atoms with van der Waals surface area (Å²) in [5.74, 6) is -0.622. The van der Waals surface area contributed by atoms with E-state index in [1.165, 1.54) is 30.3 Å². The Morgan fingerprint density at radius 3 is 2.27 bits per heavy atom. The van der Waals surface area contributed by atoms with Crippen molar-refractivity contribution >= 4 is 33.1 Å². The number of anilines is 1. The summed E-state index contributed by atoms with van der Waals surface area (Å²) < 4.78 is 62.3. The van der Waals surface area contributed by atoms with Crippen molar-refractivity contribution < 1.29 is 23.4 Å². The maximum atomic E-state index is 13.2. The van der Waals surface area contributed by atoms with Gasteiger partial charge < -0.3 is 5.21 Å². The molecule has 8 heteroatoms. The van der Waals surface area contributed by atoms with Gasteiger partial charge in [-0.15, -0.1) is 0 Å². The van der Waals surface area contributed by atoms with Crippen LogP contribution in [0.2, 0.25) is 5.02 Å². The number of carbonyl (C=O) groups excluding carboxylic acids is 1. The predicted octanol–water partition coefficient (Wildman–Crippen LogP) is 4.30. The minimum absolute atomic E-state index is 0.0866. The van der Waals surface area contributed by atoms with Crippen molar-refractivity contribution in [3.05, 3.63) is 93.8 Å². The molecule has 0 aliphatic rings. The first-order valence-corrected chi connectivity index (χ1v) is 10.7. The lowest BCUT2D eigenvalue weighted by Crippen LogP contribution is -2.24. The van der Waals surface area contributed by atoms with Crippen LogP contribution in [0, 0.1) is 5.21 Å². The first-order valence-electron chi connectivity index (χ1n) is 10.8. The normalized spacial score (nSPS) is 13.7. The molecule has 0 amide bonds. The second-order valence-electron chi connectivity index (χ2n) is 7.53. The van der Waals surface area contributed by atoms with Crippen LogP contribution in [0.25, 0.3) is 0 Å². The SMILES string of the molecule is [2H]c1c([2H])c(S(=O)(=O)Nc2ccc(Cl)cc2C(=O)c2cc[n+]([O-])cc2)c([2H])c([2H])c1C(C)(C)C. The van der Waals surface area contributed by atoms with E-state index in [1.807, 2.05) is 0 Å².